The highest BCUT2D eigenvalue weighted by atomic mass is 16.5. The van der Waals surface area contributed by atoms with Gasteiger partial charge in [0.2, 0.25) is 0 Å². The van der Waals surface area contributed by atoms with Gasteiger partial charge in [0.1, 0.15) is 6.54 Å². The summed E-state index contributed by atoms with van der Waals surface area (Å²) >= 11 is 0. The number of aromatic nitrogens is 3. The van der Waals surface area contributed by atoms with Crippen LogP contribution in [0.5, 0.6) is 0 Å². The molecule has 0 amide bonds. The van der Waals surface area contributed by atoms with Gasteiger partial charge in [-0.1, -0.05) is 6.92 Å². The van der Waals surface area contributed by atoms with Gasteiger partial charge in [0.05, 0.1) is 24.6 Å². The van der Waals surface area contributed by atoms with Crippen molar-refractivity contribution in [3.63, 3.8) is 0 Å². The zero-order valence-corrected chi connectivity index (χ0v) is 19.7. The van der Waals surface area contributed by atoms with E-state index in [2.05, 4.69) is 17.1 Å². The normalized spacial score (nSPS) is 45.7. The number of ether oxygens (including phenoxy) is 1. The number of hydrogen-bond donors (Lipinski definition) is 2. The van der Waals surface area contributed by atoms with Crippen molar-refractivity contribution >= 4 is 5.78 Å². The van der Waals surface area contributed by atoms with E-state index in [4.69, 9.17) is 10.5 Å². The Morgan fingerprint density at radius 2 is 1.84 bits per heavy atom. The first-order valence-corrected chi connectivity index (χ1v) is 12.7. The van der Waals surface area contributed by atoms with Crippen LogP contribution >= 0.6 is 0 Å². The van der Waals surface area contributed by atoms with Crippen LogP contribution in [0.15, 0.2) is 12.4 Å². The fourth-order valence-corrected chi connectivity index (χ4v) is 8.58. The fraction of sp³-hybridized carbons (Fsp3) is 0.880. The number of nitrogens with two attached hydrogens (primary N) is 1. The third-order valence-electron chi connectivity index (χ3n) is 10.1. The predicted octanol–water partition coefficient (Wildman–Crippen LogP) is 2.96. The van der Waals surface area contributed by atoms with Gasteiger partial charge in [0.15, 0.2) is 5.78 Å². The molecule has 0 bridgehead atoms. The molecule has 7 nitrogen and oxygen atoms in total. The number of aliphatic hydroxyl groups is 1. The minimum atomic E-state index is -0.686. The van der Waals surface area contributed by atoms with E-state index < -0.39 is 5.60 Å². The monoisotopic (exact) mass is 444 g/mol. The van der Waals surface area contributed by atoms with E-state index in [1.807, 2.05) is 6.92 Å². The Morgan fingerprint density at radius 3 is 2.59 bits per heavy atom. The van der Waals surface area contributed by atoms with Gasteiger partial charge in [-0.25, -0.2) is 0 Å². The van der Waals surface area contributed by atoms with Gasteiger partial charge in [-0.2, -0.15) is 15.0 Å². The van der Waals surface area contributed by atoms with E-state index in [0.717, 1.165) is 57.8 Å². The molecule has 1 aromatic rings. The molecule has 0 saturated heterocycles. The van der Waals surface area contributed by atoms with Crippen LogP contribution in [0, 0.1) is 35.0 Å². The second-order valence-electron chi connectivity index (χ2n) is 11.5. The number of Topliss-reactive ketones (excluding diaryl/α,β-unsaturated/α-hetero) is 1. The lowest BCUT2D eigenvalue weighted by atomic mass is 9.45. The Balaban J connectivity index is 1.31. The van der Waals surface area contributed by atoms with Crippen molar-refractivity contribution < 1.29 is 14.6 Å². The molecule has 1 heterocycles. The number of carbonyl (C=O) groups is 1. The molecule has 178 valence electrons. The van der Waals surface area contributed by atoms with E-state index in [1.54, 1.807) is 12.4 Å². The summed E-state index contributed by atoms with van der Waals surface area (Å²) in [6.07, 6.45) is 12.3. The van der Waals surface area contributed by atoms with Crippen molar-refractivity contribution in [2.24, 2.45) is 40.7 Å². The summed E-state index contributed by atoms with van der Waals surface area (Å²) in [5, 5.41) is 19.4. The van der Waals surface area contributed by atoms with Crippen LogP contribution in [0.2, 0.25) is 0 Å². The lowest BCUT2D eigenvalue weighted by molar-refractivity contribution is -0.143. The van der Waals surface area contributed by atoms with E-state index >= 15 is 0 Å². The van der Waals surface area contributed by atoms with Gasteiger partial charge in [0.25, 0.3) is 0 Å². The number of nitrogens with zero attached hydrogens (tertiary/aromatic N) is 3. The molecule has 0 radical (unpaired) electrons. The number of hydrogen-bond acceptors (Lipinski definition) is 6. The number of carbonyl (C=O) groups excluding carboxylic acids is 1. The largest absolute Gasteiger partial charge is 0.387 e. The molecule has 4 fully saturated rings. The number of fused-ring (bicyclic) bond motifs is 5. The van der Waals surface area contributed by atoms with Crippen LogP contribution < -0.4 is 5.73 Å². The summed E-state index contributed by atoms with van der Waals surface area (Å²) in [4.78, 5) is 14.7. The quantitative estimate of drug-likeness (QED) is 0.699. The van der Waals surface area contributed by atoms with Crippen LogP contribution in [0.1, 0.15) is 71.6 Å². The zero-order chi connectivity index (χ0) is 22.6. The first kappa shape index (κ1) is 22.5. The topological polar surface area (TPSA) is 103 Å². The number of ketones is 1. The molecule has 3 N–H and O–H groups in total. The van der Waals surface area contributed by atoms with Crippen LogP contribution in [-0.4, -0.2) is 50.2 Å². The lowest BCUT2D eigenvalue weighted by Gasteiger charge is -2.62. The third-order valence-corrected chi connectivity index (χ3v) is 10.1. The van der Waals surface area contributed by atoms with E-state index in [1.165, 1.54) is 4.80 Å². The Kier molecular flexibility index (Phi) is 5.74. The highest BCUT2D eigenvalue weighted by molar-refractivity contribution is 5.82. The van der Waals surface area contributed by atoms with Crippen molar-refractivity contribution in [2.45, 2.75) is 89.3 Å². The van der Waals surface area contributed by atoms with Crippen molar-refractivity contribution in [3.05, 3.63) is 12.4 Å². The van der Waals surface area contributed by atoms with Crippen molar-refractivity contribution in [3.8, 4) is 0 Å². The summed E-state index contributed by atoms with van der Waals surface area (Å²) < 4.78 is 5.61. The molecule has 0 aliphatic heterocycles. The molecule has 4 aliphatic carbocycles. The van der Waals surface area contributed by atoms with E-state index in [9.17, 15) is 9.90 Å². The van der Waals surface area contributed by atoms with Crippen molar-refractivity contribution in [2.75, 3.05) is 13.2 Å². The molecule has 4 aliphatic rings. The van der Waals surface area contributed by atoms with Gasteiger partial charge >= 0.3 is 0 Å². The maximum absolute atomic E-state index is 13.2. The van der Waals surface area contributed by atoms with Gasteiger partial charge in [0, 0.05) is 18.1 Å². The van der Waals surface area contributed by atoms with E-state index in [-0.39, 0.29) is 29.2 Å². The molecule has 1 aromatic heterocycles. The summed E-state index contributed by atoms with van der Waals surface area (Å²) in [6.45, 7) is 5.72. The fourth-order valence-electron chi connectivity index (χ4n) is 8.58. The first-order chi connectivity index (χ1) is 15.3. The molecule has 8 atom stereocenters. The molecule has 0 aromatic carbocycles. The van der Waals surface area contributed by atoms with Gasteiger partial charge in [-0.3, -0.25) is 4.79 Å². The molecule has 4 saturated carbocycles. The zero-order valence-electron chi connectivity index (χ0n) is 19.7. The Hall–Kier alpha value is -1.31. The molecule has 7 heteroatoms. The second-order valence-corrected chi connectivity index (χ2v) is 11.5. The highest BCUT2D eigenvalue weighted by Gasteiger charge is 2.63. The predicted molar refractivity (Wildman–Crippen MR) is 121 cm³/mol. The smallest absolute Gasteiger partial charge is 0.159 e. The highest BCUT2D eigenvalue weighted by Crippen LogP contribution is 2.65. The van der Waals surface area contributed by atoms with Crippen molar-refractivity contribution in [1.82, 2.24) is 15.0 Å². The molecule has 32 heavy (non-hydrogen) atoms. The lowest BCUT2D eigenvalue weighted by Crippen LogP contribution is -2.66. The average molecular weight is 445 g/mol. The Morgan fingerprint density at radius 1 is 1.09 bits per heavy atom. The molecule has 5 rings (SSSR count). The third kappa shape index (κ3) is 3.55. The van der Waals surface area contributed by atoms with Crippen molar-refractivity contribution in [1.29, 1.82) is 0 Å². The van der Waals surface area contributed by atoms with Crippen LogP contribution in [0.25, 0.3) is 0 Å². The van der Waals surface area contributed by atoms with Crippen LogP contribution in [0.3, 0.4) is 0 Å². The first-order valence-electron chi connectivity index (χ1n) is 12.7. The summed E-state index contributed by atoms with van der Waals surface area (Å²) in [7, 11) is 0. The molecule has 0 spiro atoms. The van der Waals surface area contributed by atoms with Gasteiger partial charge < -0.3 is 15.6 Å². The summed E-state index contributed by atoms with van der Waals surface area (Å²) in [5.74, 6) is 2.35. The van der Waals surface area contributed by atoms with Gasteiger partial charge in [-0.05, 0) is 93.8 Å². The average Bonchev–Trinajstić information content (AvgIpc) is 3.39. The minimum Gasteiger partial charge on any atom is -0.387 e. The molecular formula is C25H40N4O3. The van der Waals surface area contributed by atoms with Crippen LogP contribution in [-0.2, 0) is 16.1 Å². The Labute approximate surface area is 191 Å². The van der Waals surface area contributed by atoms with Gasteiger partial charge in [-0.15, -0.1) is 0 Å². The SMILES string of the molecule is CCOC[C@@]1(O)CCC2[C@@H](CCC3[C@@H]4CC[C@H](C(=O)Cn5nccn5)C4(C)CC[C@]23N)C1. The maximum Gasteiger partial charge on any atom is 0.159 e. The van der Waals surface area contributed by atoms with Crippen LogP contribution in [0.4, 0.5) is 0 Å². The second kappa shape index (κ2) is 8.17. The molecular weight excluding hydrogens is 404 g/mol. The molecule has 3 unspecified atom stereocenters. The van der Waals surface area contributed by atoms with E-state index in [0.29, 0.717) is 36.9 Å². The summed E-state index contributed by atoms with van der Waals surface area (Å²) in [6, 6.07) is 0. The minimum absolute atomic E-state index is 0.0367. The maximum atomic E-state index is 13.2. The Bertz CT molecular complexity index is 831. The summed E-state index contributed by atoms with van der Waals surface area (Å²) in [5.41, 5.74) is 6.53. The number of rotatable bonds is 6. The standard InChI is InChI=1S/C25H40N4O3/c1-3-32-16-24(31)9-8-18-17(14-24)4-5-20-19-6-7-21(22(30)15-29-27-12-13-28-29)23(19,2)10-11-25(18,20)26/h12-13,17-21,31H,3-11,14-16,26H2,1-2H3/t17-,18?,19-,20?,21+,23?,24+,25-/m0/s1.